The lowest BCUT2D eigenvalue weighted by molar-refractivity contribution is -0.115. The summed E-state index contributed by atoms with van der Waals surface area (Å²) in [6.07, 6.45) is 0. The molecular weight excluding hydrogens is 506 g/mol. The molecule has 0 spiro atoms. The van der Waals surface area contributed by atoms with E-state index >= 15 is 0 Å². The zero-order chi connectivity index (χ0) is 26.4. The second-order valence-corrected chi connectivity index (χ2v) is 10.7. The summed E-state index contributed by atoms with van der Waals surface area (Å²) in [7, 11) is 3.01. The number of anilines is 2. The van der Waals surface area contributed by atoms with Gasteiger partial charge in [0.25, 0.3) is 5.91 Å². The lowest BCUT2D eigenvalue weighted by Gasteiger charge is -2.14. The average molecular weight is 534 g/mol. The molecule has 0 saturated heterocycles. The lowest BCUT2D eigenvalue weighted by Crippen LogP contribution is -2.22. The Balaban J connectivity index is 1.42. The van der Waals surface area contributed by atoms with Crippen molar-refractivity contribution in [1.29, 1.82) is 0 Å². The van der Waals surface area contributed by atoms with Crippen molar-refractivity contribution in [3.8, 4) is 22.8 Å². The van der Waals surface area contributed by atoms with Gasteiger partial charge in [0.1, 0.15) is 17.1 Å². The highest BCUT2D eigenvalue weighted by Gasteiger charge is 2.20. The molecule has 4 rings (SSSR count). The number of amides is 2. The third-order valence-electron chi connectivity index (χ3n) is 5.50. The Bertz CT molecular complexity index is 1380. The van der Waals surface area contributed by atoms with Crippen LogP contribution in [0.1, 0.15) is 22.2 Å². The van der Waals surface area contributed by atoms with Gasteiger partial charge in [0.15, 0.2) is 5.13 Å². The molecule has 37 heavy (non-hydrogen) atoms. The molecule has 1 heterocycles. The third kappa shape index (κ3) is 6.31. The van der Waals surface area contributed by atoms with Gasteiger partial charge in [-0.15, -0.1) is 23.1 Å². The molecule has 7 nitrogen and oxygen atoms in total. The van der Waals surface area contributed by atoms with Crippen molar-refractivity contribution in [2.45, 2.75) is 24.0 Å². The van der Waals surface area contributed by atoms with E-state index in [2.05, 4.69) is 15.6 Å². The number of thioether (sulfide) groups is 1. The Morgan fingerprint density at radius 1 is 0.919 bits per heavy atom. The van der Waals surface area contributed by atoms with Gasteiger partial charge in [0, 0.05) is 21.0 Å². The van der Waals surface area contributed by atoms with E-state index in [1.165, 1.54) is 37.3 Å². The maximum absolute atomic E-state index is 13.0. The van der Waals surface area contributed by atoms with Gasteiger partial charge >= 0.3 is 0 Å². The van der Waals surface area contributed by atoms with Crippen molar-refractivity contribution in [2.75, 3.05) is 24.9 Å². The van der Waals surface area contributed by atoms with E-state index in [0.717, 1.165) is 21.0 Å². The number of thiazole rings is 1. The summed E-state index contributed by atoms with van der Waals surface area (Å²) in [6.45, 7) is 3.83. The maximum atomic E-state index is 13.0. The van der Waals surface area contributed by atoms with Crippen molar-refractivity contribution in [3.05, 3.63) is 83.2 Å². The van der Waals surface area contributed by atoms with Gasteiger partial charge in [-0.3, -0.25) is 9.59 Å². The lowest BCUT2D eigenvalue weighted by atomic mass is 10.1. The normalized spacial score (nSPS) is 11.5. The van der Waals surface area contributed by atoms with Gasteiger partial charge < -0.3 is 20.1 Å². The first-order chi connectivity index (χ1) is 17.9. The van der Waals surface area contributed by atoms with Crippen LogP contribution in [0.4, 0.5) is 10.8 Å². The molecular formula is C28H27N3O4S2. The monoisotopic (exact) mass is 533 g/mol. The summed E-state index contributed by atoms with van der Waals surface area (Å²) in [4.78, 5) is 32.4. The Hall–Kier alpha value is -3.82. The van der Waals surface area contributed by atoms with E-state index in [4.69, 9.17) is 9.47 Å². The minimum Gasteiger partial charge on any atom is -0.496 e. The van der Waals surface area contributed by atoms with Crippen LogP contribution in [-0.2, 0) is 4.79 Å². The van der Waals surface area contributed by atoms with Gasteiger partial charge in [0.05, 0.1) is 25.2 Å². The molecule has 0 aliphatic carbocycles. The fraction of sp³-hybridized carbons (Fsp3) is 0.179. The summed E-state index contributed by atoms with van der Waals surface area (Å²) in [5, 5.41) is 6.02. The summed E-state index contributed by atoms with van der Waals surface area (Å²) in [5.74, 6) is 0.336. The first-order valence-electron chi connectivity index (χ1n) is 11.5. The Morgan fingerprint density at radius 2 is 1.59 bits per heavy atom. The smallest absolute Gasteiger partial charge is 0.263 e. The van der Waals surface area contributed by atoms with Crippen molar-refractivity contribution in [3.63, 3.8) is 0 Å². The number of benzene rings is 3. The third-order valence-corrected chi connectivity index (χ3v) is 7.48. The number of rotatable bonds is 9. The molecule has 0 bridgehead atoms. The zero-order valence-electron chi connectivity index (χ0n) is 20.9. The molecule has 1 unspecified atom stereocenters. The summed E-state index contributed by atoms with van der Waals surface area (Å²) in [5.41, 5.74) is 2.80. The number of nitrogens with zero attached hydrogens (tertiary/aromatic N) is 1. The molecule has 0 aliphatic rings. The Labute approximate surface area is 224 Å². The number of carbonyl (C=O) groups is 2. The number of ether oxygens (including phenoxy) is 2. The van der Waals surface area contributed by atoms with Crippen molar-refractivity contribution >= 4 is 45.7 Å². The van der Waals surface area contributed by atoms with Gasteiger partial charge in [-0.05, 0) is 44.2 Å². The number of nitrogens with one attached hydrogen (secondary N) is 2. The van der Waals surface area contributed by atoms with Crippen LogP contribution < -0.4 is 20.1 Å². The zero-order valence-corrected chi connectivity index (χ0v) is 22.5. The van der Waals surface area contributed by atoms with Crippen LogP contribution >= 0.6 is 23.1 Å². The number of methoxy groups -OCH3 is 2. The van der Waals surface area contributed by atoms with Gasteiger partial charge in [-0.2, -0.15) is 0 Å². The molecule has 0 saturated carbocycles. The van der Waals surface area contributed by atoms with E-state index in [1.54, 1.807) is 24.3 Å². The highest BCUT2D eigenvalue weighted by molar-refractivity contribution is 8.00. The van der Waals surface area contributed by atoms with E-state index in [0.29, 0.717) is 27.9 Å². The number of carbonyl (C=O) groups excluding carboxylic acids is 2. The molecule has 3 aromatic carbocycles. The Kier molecular flexibility index (Phi) is 8.47. The van der Waals surface area contributed by atoms with Crippen molar-refractivity contribution in [1.82, 2.24) is 4.98 Å². The van der Waals surface area contributed by atoms with Crippen LogP contribution in [0.3, 0.4) is 0 Å². The minimum atomic E-state index is -0.385. The van der Waals surface area contributed by atoms with Crippen LogP contribution in [-0.4, -0.2) is 36.3 Å². The quantitative estimate of drug-likeness (QED) is 0.239. The first-order valence-corrected chi connectivity index (χ1v) is 13.2. The molecule has 190 valence electrons. The van der Waals surface area contributed by atoms with Crippen LogP contribution in [0.5, 0.6) is 11.5 Å². The van der Waals surface area contributed by atoms with E-state index in [1.807, 2.05) is 62.4 Å². The topological polar surface area (TPSA) is 89.5 Å². The first kappa shape index (κ1) is 26.2. The van der Waals surface area contributed by atoms with Gasteiger partial charge in [-0.1, -0.05) is 42.5 Å². The van der Waals surface area contributed by atoms with Crippen molar-refractivity contribution in [2.24, 2.45) is 0 Å². The number of aromatic nitrogens is 1. The van der Waals surface area contributed by atoms with E-state index in [-0.39, 0.29) is 17.1 Å². The predicted molar refractivity (Wildman–Crippen MR) is 150 cm³/mol. The fourth-order valence-corrected chi connectivity index (χ4v) is 5.46. The van der Waals surface area contributed by atoms with Crippen LogP contribution in [0.25, 0.3) is 11.3 Å². The molecule has 2 amide bonds. The molecule has 0 fully saturated rings. The largest absolute Gasteiger partial charge is 0.496 e. The van der Waals surface area contributed by atoms with Crippen LogP contribution in [0.15, 0.2) is 77.7 Å². The second-order valence-electron chi connectivity index (χ2n) is 8.06. The van der Waals surface area contributed by atoms with Crippen molar-refractivity contribution < 1.29 is 19.1 Å². The molecule has 1 atom stereocenters. The fourth-order valence-electron chi connectivity index (χ4n) is 3.69. The molecule has 9 heteroatoms. The van der Waals surface area contributed by atoms with Gasteiger partial charge in [-0.25, -0.2) is 4.98 Å². The van der Waals surface area contributed by atoms with E-state index < -0.39 is 0 Å². The second kappa shape index (κ2) is 11.9. The van der Waals surface area contributed by atoms with E-state index in [9.17, 15) is 9.59 Å². The summed E-state index contributed by atoms with van der Waals surface area (Å²) < 4.78 is 10.7. The predicted octanol–water partition coefficient (Wildman–Crippen LogP) is 6.51. The highest BCUT2D eigenvalue weighted by Crippen LogP contribution is 2.33. The average Bonchev–Trinajstić information content (AvgIpc) is 3.28. The number of aryl methyl sites for hydroxylation is 1. The Morgan fingerprint density at radius 3 is 2.27 bits per heavy atom. The van der Waals surface area contributed by atoms with Gasteiger partial charge in [0.2, 0.25) is 5.91 Å². The molecule has 0 radical (unpaired) electrons. The maximum Gasteiger partial charge on any atom is 0.263 e. The minimum absolute atomic E-state index is 0.147. The summed E-state index contributed by atoms with van der Waals surface area (Å²) >= 11 is 2.85. The summed E-state index contributed by atoms with van der Waals surface area (Å²) in [6, 6.07) is 22.4. The van der Waals surface area contributed by atoms with Crippen LogP contribution in [0, 0.1) is 6.92 Å². The van der Waals surface area contributed by atoms with Crippen LogP contribution in [0.2, 0.25) is 0 Å². The highest BCUT2D eigenvalue weighted by atomic mass is 32.2. The SMILES string of the molecule is COc1cccc(OC)c1C(=O)Nc1cccc(SC(C)C(=O)Nc2nc(-c3ccccc3)c(C)s2)c1. The molecule has 2 N–H and O–H groups in total. The molecule has 1 aromatic heterocycles. The molecule has 4 aromatic rings. The number of hydrogen-bond donors (Lipinski definition) is 2. The number of hydrogen-bond acceptors (Lipinski definition) is 7. The standard InChI is InChI=1S/C28H27N3O4S2/c1-17-25(19-10-6-5-7-11-19)30-28(37-17)31-26(32)18(2)36-21-13-8-12-20(16-21)29-27(33)24-22(34-3)14-9-15-23(24)35-4/h5-16,18H,1-4H3,(H,29,33)(H,30,31,32). The molecule has 0 aliphatic heterocycles.